The van der Waals surface area contributed by atoms with E-state index in [4.69, 9.17) is 86.9 Å². The van der Waals surface area contributed by atoms with E-state index in [1.54, 1.807) is 151 Å². The number of nitrogens with two attached hydrogens (primary N) is 3. The number of carbonyl (C=O) groups excluding carboxylic acids is 3. The molecule has 4 heterocycles. The predicted molar refractivity (Wildman–Crippen MR) is 555 cm³/mol. The summed E-state index contributed by atoms with van der Waals surface area (Å²) in [6.07, 6.45) is 5.67. The molecule has 1 saturated heterocycles. The fourth-order valence-electron chi connectivity index (χ4n) is 22.6. The maximum atomic E-state index is 15.0. The number of aliphatic hydroxyl groups excluding tert-OH is 2. The molecule has 8 aromatic rings. The Hall–Kier alpha value is -10.3. The van der Waals surface area contributed by atoms with E-state index in [1.807, 2.05) is 60.7 Å². The van der Waals surface area contributed by atoms with E-state index in [-0.39, 0.29) is 138 Å². The fraction of sp³-hybridized carbons (Fsp3) is 0.486. The van der Waals surface area contributed by atoms with Gasteiger partial charge in [-0.3, -0.25) is 41.0 Å². The normalized spacial score (nSPS) is 28.5. The van der Waals surface area contributed by atoms with Crippen LogP contribution in [0.2, 0.25) is 0 Å². The van der Waals surface area contributed by atoms with Gasteiger partial charge in [0.2, 0.25) is 0 Å². The zero-order valence-corrected chi connectivity index (χ0v) is 87.0. The van der Waals surface area contributed by atoms with Crippen molar-refractivity contribution in [1.29, 1.82) is 0 Å². The smallest absolute Gasteiger partial charge is 0.413 e. The van der Waals surface area contributed by atoms with Crippen molar-refractivity contribution in [3.63, 3.8) is 0 Å². The number of hydrogen-bond acceptors (Lipinski definition) is 28. The summed E-state index contributed by atoms with van der Waals surface area (Å²) in [6, 6.07) is 50.9. The van der Waals surface area contributed by atoms with Crippen molar-refractivity contribution >= 4 is 97.8 Å². The van der Waals surface area contributed by atoms with E-state index in [2.05, 4.69) is 43.9 Å². The molecule has 4 aliphatic heterocycles. The highest BCUT2D eigenvalue weighted by Crippen LogP contribution is 2.58. The third kappa shape index (κ3) is 24.7. The number of thiocarbonyl (C=S) groups is 1. The summed E-state index contributed by atoms with van der Waals surface area (Å²) in [5.41, 5.74) is 22.8. The van der Waals surface area contributed by atoms with Gasteiger partial charge in [-0.2, -0.15) is 5.48 Å². The lowest BCUT2D eigenvalue weighted by Gasteiger charge is -2.37. The number of aliphatic hydroxyl groups is 2. The van der Waals surface area contributed by atoms with Crippen LogP contribution in [-0.4, -0.2) is 188 Å². The van der Waals surface area contributed by atoms with Crippen molar-refractivity contribution in [2.45, 2.75) is 206 Å². The number of rotatable bonds is 18. The zero-order chi connectivity index (χ0) is 105. The number of amidine groups is 3. The highest BCUT2D eigenvalue weighted by atomic mass is 32.2. The minimum absolute atomic E-state index is 0.00400. The number of non-ortho nitro benzene ring substituents is 1. The minimum atomic E-state index is -1.05. The van der Waals surface area contributed by atoms with Crippen molar-refractivity contribution in [3.05, 3.63) is 272 Å². The Morgan fingerprint density at radius 3 is 1.37 bits per heavy atom. The average Bonchev–Trinajstić information content (AvgIpc) is 1.59. The van der Waals surface area contributed by atoms with E-state index in [9.17, 15) is 61.1 Å². The predicted octanol–water partition coefficient (Wildman–Crippen LogP) is 18.4. The Morgan fingerprint density at radius 1 is 0.486 bits per heavy atom. The van der Waals surface area contributed by atoms with E-state index < -0.39 is 79.3 Å². The summed E-state index contributed by atoms with van der Waals surface area (Å²) in [4.78, 5) is 67.3. The molecule has 0 spiro atoms. The van der Waals surface area contributed by atoms with Gasteiger partial charge >= 0.3 is 18.3 Å². The van der Waals surface area contributed by atoms with Gasteiger partial charge < -0.3 is 80.2 Å². The van der Waals surface area contributed by atoms with Crippen LogP contribution in [0.4, 0.5) is 52.1 Å². The Bertz CT molecular complexity index is 6030. The molecular formula is C107H130F6N12O17S4. The second-order valence-corrected chi connectivity index (χ2v) is 43.9. The van der Waals surface area contributed by atoms with Crippen molar-refractivity contribution in [2.75, 3.05) is 92.1 Å². The number of nitrogens with zero attached hydrogens (tertiary/aromatic N) is 4. The average molecular weight is 2100 g/mol. The van der Waals surface area contributed by atoms with Gasteiger partial charge in [0.1, 0.15) is 52.7 Å². The first-order valence-corrected chi connectivity index (χ1v) is 52.0. The Morgan fingerprint density at radius 2 is 0.890 bits per heavy atom. The Kier molecular flexibility index (Phi) is 36.3. The first-order chi connectivity index (χ1) is 69.7. The van der Waals surface area contributed by atoms with Gasteiger partial charge in [-0.15, -0.1) is 0 Å². The highest BCUT2D eigenvalue weighted by molar-refractivity contribution is 8.14. The zero-order valence-electron chi connectivity index (χ0n) is 83.7. The first kappa shape index (κ1) is 111. The summed E-state index contributed by atoms with van der Waals surface area (Å²) in [7, 11) is 9.85. The number of alkyl carbamates (subject to hydrolysis) is 3. The number of methoxy groups -OCH3 is 6. The Labute approximate surface area is 864 Å². The number of nitro benzene ring substituents is 1. The third-order valence-corrected chi connectivity index (χ3v) is 32.7. The van der Waals surface area contributed by atoms with Crippen LogP contribution >= 0.6 is 47.5 Å². The van der Waals surface area contributed by atoms with Gasteiger partial charge in [-0.25, -0.2) is 40.7 Å². The number of carbonyl (C=O) groups is 3. The summed E-state index contributed by atoms with van der Waals surface area (Å²) >= 11 is 9.80. The summed E-state index contributed by atoms with van der Waals surface area (Å²) < 4.78 is 136. The molecule has 0 aromatic heterocycles. The quantitative estimate of drug-likeness (QED) is 0.00952. The van der Waals surface area contributed by atoms with Gasteiger partial charge in [0.15, 0.2) is 20.6 Å². The number of benzene rings is 8. The van der Waals surface area contributed by atoms with Crippen LogP contribution in [0.1, 0.15) is 169 Å². The second kappa shape index (κ2) is 47.7. The topological polar surface area (TPSA) is 402 Å². The number of aliphatic imine (C=N–C) groups is 3. The molecule has 786 valence electrons. The highest BCUT2D eigenvalue weighted by Gasteiger charge is 2.59. The third-order valence-electron chi connectivity index (χ3n) is 29.5. The summed E-state index contributed by atoms with van der Waals surface area (Å²) in [6.45, 7) is 11.1. The molecule has 18 atom stereocenters. The number of nitro groups is 1. The van der Waals surface area contributed by atoms with Gasteiger partial charge in [-0.1, -0.05) is 157 Å². The maximum absolute atomic E-state index is 15.0. The van der Waals surface area contributed by atoms with Crippen LogP contribution in [0.25, 0.3) is 11.1 Å². The number of halogens is 6. The molecule has 6 saturated carbocycles. The molecule has 29 nitrogen and oxygen atoms in total. The van der Waals surface area contributed by atoms with Crippen LogP contribution in [0, 0.1) is 80.5 Å². The van der Waals surface area contributed by atoms with E-state index in [0.29, 0.717) is 118 Å². The number of hydrogen-bond donors (Lipinski definition) is 10. The number of ether oxygens (including phenoxy) is 9. The van der Waals surface area contributed by atoms with Crippen LogP contribution in [0.3, 0.4) is 0 Å². The molecule has 8 aromatic carbocycles. The number of amides is 3. The molecule has 0 bridgehead atoms. The fourth-order valence-corrected chi connectivity index (χ4v) is 26.1. The van der Waals surface area contributed by atoms with Crippen LogP contribution in [0.5, 0.6) is 0 Å². The van der Waals surface area contributed by atoms with Gasteiger partial charge in [-0.05, 0) is 176 Å². The molecule has 39 heteroatoms. The lowest BCUT2D eigenvalue weighted by atomic mass is 9.80. The van der Waals surface area contributed by atoms with Gasteiger partial charge in [0.05, 0.1) is 81.4 Å². The first-order valence-electron chi connectivity index (χ1n) is 48.6. The number of hydroxylamine groups is 1. The molecule has 11 aliphatic rings. The molecule has 19 rings (SSSR count). The SMILES string of the molecule is CO[C@H]1C[C@@H](CO)[C@](N)(c2ccccc2F)C1.CO[C@H]1C[C@@H](CO)[C@](NC(=S)NC(=O)OCC2c3ccccc3-c3ccccc32)(c2ccccc2F)C1.CO[C@H]1C[C@H]2CON[C@@]2(c2ccccc2F)C1.CO[C@H]1C[C@H]2CSC(N)=N[C@@]2(c2ccccc2F)C1.CO[C@H]1C[C@H]2CSC(NC(=O)OC(C)(C)C)=N[C@@]2(c2cc(N)ccc2F)C1.CO[C@H]1C[C@H]2CSC(NC(=O)OC(C)(C)C)=N[C@@]2(c2cc([N+](=O)[O-])ccc2F)C1. The summed E-state index contributed by atoms with van der Waals surface area (Å²) in [5, 5.41) is 43.2. The lowest BCUT2D eigenvalue weighted by molar-refractivity contribution is -0.385. The van der Waals surface area contributed by atoms with Gasteiger partial charge in [0, 0.05) is 191 Å². The number of anilines is 1. The molecule has 7 fully saturated rings. The molecule has 3 amide bonds. The molecule has 13 N–H and O–H groups in total. The van der Waals surface area contributed by atoms with Gasteiger partial charge in [0.25, 0.3) is 5.69 Å². The largest absolute Gasteiger partial charge is 0.448 e. The maximum Gasteiger partial charge on any atom is 0.413 e. The number of nitrogen functional groups attached to an aromatic ring is 1. The van der Waals surface area contributed by atoms with Crippen molar-refractivity contribution < 1.29 is 103 Å². The van der Waals surface area contributed by atoms with Crippen LogP contribution in [-0.2, 0) is 80.7 Å². The van der Waals surface area contributed by atoms with E-state index in [1.165, 1.54) is 66.0 Å². The Balaban J connectivity index is 0.000000142. The van der Waals surface area contributed by atoms with Crippen molar-refractivity contribution in [2.24, 2.45) is 62.0 Å². The van der Waals surface area contributed by atoms with Crippen LogP contribution in [0.15, 0.2) is 197 Å². The molecule has 0 radical (unpaired) electrons. The second-order valence-electron chi connectivity index (χ2n) is 40.5. The molecule has 7 aliphatic carbocycles. The minimum Gasteiger partial charge on any atom is -0.448 e. The summed E-state index contributed by atoms with van der Waals surface area (Å²) in [5.74, 6) is 0.0637. The molecule has 146 heavy (non-hydrogen) atoms. The number of fused-ring (bicyclic) bond motifs is 7. The number of thioether (sulfide) groups is 3. The van der Waals surface area contributed by atoms with Crippen LogP contribution < -0.4 is 43.9 Å². The molecule has 0 unspecified atom stereocenters. The standard InChI is InChI=1S/C29H29FN2O4S.C19H24FN3O5S.C19H26FN3O3S.C14H17FN2OS.C13H16FNO2.C13H18FNO2/c1-35-19-14-18(16-33)29(15-19,25-12-6-7-13-26(25)30)32-27(37)31-28(34)36-17-24-22-10-4-2-8-20(22)21-9-3-5-11-23(21)24;1-18(2,3)28-17(24)21-16-22-19(9-13(27-4)7-11(19)10-29-16)14-8-12(23(25)26)5-6-15(14)20;1-18(2,3)26-17(24)22-16-23-19(14-8-12(21)5-6-15(14)20)9-13(25-4)7-11(19)10-27-16;1-18-10-6-9-8-19-13(16)17-14(9,7-10)11-4-2-3-5-12(11)15;1-16-10-6-9-8-17-15-13(9,7-10)11-4-2-3-5-12(11)14;1-17-10-6-9(8-16)13(15,7-10)11-4-2-3-5-12(11)14/h2-13,18-19,24,33H,14-17H2,1H3,(H2,31,32,34,37);5-6,8,11,13H,7,9-10H2,1-4H3,(H,21,22,24);5-6,8,11,13H,7,9-10,21H2,1-4H3,(H,22,23,24);2-5,9-10H,6-8H2,1H3,(H2,16,17);2-5,9-10,15H,6-8H2,1H3;2-5,9-10,16H,6-8,15H2,1H3/t18-,19-,29-;2*11-,13-,19-;9-,10-,14-;2*9-,10-,13-/m000000/s1. The van der Waals surface area contributed by atoms with E-state index >= 15 is 0 Å². The lowest BCUT2D eigenvalue weighted by Crippen LogP contribution is -2.54. The monoisotopic (exact) mass is 2100 g/mol. The van der Waals surface area contributed by atoms with Crippen molar-refractivity contribution in [3.8, 4) is 11.1 Å². The van der Waals surface area contributed by atoms with Crippen molar-refractivity contribution in [1.82, 2.24) is 26.7 Å². The number of nitrogens with one attached hydrogen (secondary N) is 5. The van der Waals surface area contributed by atoms with E-state index in [0.717, 1.165) is 65.8 Å². The molecular weight excluding hydrogens is 1970 g/mol.